The smallest absolute Gasteiger partial charge is 0.234 e. The molecule has 1 aromatic heterocycles. The summed E-state index contributed by atoms with van der Waals surface area (Å²) in [7, 11) is 0. The molecule has 1 aliphatic heterocycles. The Labute approximate surface area is 120 Å². The Hall–Kier alpha value is -1.46. The van der Waals surface area contributed by atoms with Crippen molar-refractivity contribution in [3.05, 3.63) is 29.6 Å². The van der Waals surface area contributed by atoms with Crippen LogP contribution in [0.4, 0.5) is 0 Å². The number of carbonyl (C=O) groups excluding carboxylic acids is 1. The molecule has 0 bridgehead atoms. The Bertz CT molecular complexity index is 444. The molecule has 2 rings (SSSR count). The van der Waals surface area contributed by atoms with Crippen molar-refractivity contribution in [1.29, 1.82) is 0 Å². The van der Waals surface area contributed by atoms with Gasteiger partial charge in [0.25, 0.3) is 0 Å². The molecule has 1 saturated heterocycles. The third-order valence-electron chi connectivity index (χ3n) is 3.51. The number of hydrogen-bond acceptors (Lipinski definition) is 4. The number of pyridine rings is 1. The fourth-order valence-corrected chi connectivity index (χ4v) is 2.34. The van der Waals surface area contributed by atoms with E-state index in [1.54, 1.807) is 6.20 Å². The zero-order chi connectivity index (χ0) is 14.4. The molecule has 1 aliphatic rings. The fourth-order valence-electron chi connectivity index (χ4n) is 2.34. The summed E-state index contributed by atoms with van der Waals surface area (Å²) in [4.78, 5) is 18.6. The van der Waals surface area contributed by atoms with Crippen LogP contribution in [0.1, 0.15) is 30.6 Å². The van der Waals surface area contributed by atoms with Crippen molar-refractivity contribution in [2.45, 2.75) is 26.3 Å². The third-order valence-corrected chi connectivity index (χ3v) is 3.51. The summed E-state index contributed by atoms with van der Waals surface area (Å²) in [6.45, 7) is 7.61. The summed E-state index contributed by atoms with van der Waals surface area (Å²) in [5.41, 5.74) is 2.10. The second kappa shape index (κ2) is 7.36. The van der Waals surface area contributed by atoms with E-state index in [1.165, 1.54) is 0 Å². The molecule has 1 N–H and O–H groups in total. The minimum absolute atomic E-state index is 0.0107. The molecular weight excluding hydrogens is 254 g/mol. The van der Waals surface area contributed by atoms with Crippen molar-refractivity contribution in [3.8, 4) is 0 Å². The lowest BCUT2D eigenvalue weighted by Gasteiger charge is -2.26. The van der Waals surface area contributed by atoms with Crippen molar-refractivity contribution in [2.24, 2.45) is 0 Å². The quantitative estimate of drug-likeness (QED) is 0.881. The summed E-state index contributed by atoms with van der Waals surface area (Å²) in [6, 6.07) is 3.98. The van der Waals surface area contributed by atoms with E-state index in [-0.39, 0.29) is 11.9 Å². The summed E-state index contributed by atoms with van der Waals surface area (Å²) in [5.74, 6) is 0.0575. The molecule has 0 radical (unpaired) electrons. The van der Waals surface area contributed by atoms with Gasteiger partial charge in [-0.05, 0) is 31.0 Å². The number of amides is 1. The van der Waals surface area contributed by atoms with Gasteiger partial charge in [-0.1, -0.05) is 6.92 Å². The van der Waals surface area contributed by atoms with E-state index in [0.717, 1.165) is 30.8 Å². The molecule has 2 heterocycles. The van der Waals surface area contributed by atoms with Gasteiger partial charge in [0.15, 0.2) is 0 Å². The summed E-state index contributed by atoms with van der Waals surface area (Å²) >= 11 is 0. The Morgan fingerprint density at radius 2 is 2.25 bits per heavy atom. The molecule has 0 aromatic carbocycles. The first kappa shape index (κ1) is 14.9. The standard InChI is InChI=1S/C15H23N3O2/c1-3-13(14-10-12(2)4-5-16-14)17-15(19)11-18-6-8-20-9-7-18/h4-5,10,13H,3,6-9,11H2,1-2H3,(H,17,19). The van der Waals surface area contributed by atoms with Gasteiger partial charge >= 0.3 is 0 Å². The molecule has 0 spiro atoms. The number of morpholine rings is 1. The van der Waals surface area contributed by atoms with E-state index >= 15 is 0 Å². The highest BCUT2D eigenvalue weighted by molar-refractivity contribution is 5.78. The number of carbonyl (C=O) groups is 1. The van der Waals surface area contributed by atoms with Crippen LogP contribution < -0.4 is 5.32 Å². The van der Waals surface area contributed by atoms with E-state index in [9.17, 15) is 4.79 Å². The lowest BCUT2D eigenvalue weighted by Crippen LogP contribution is -2.44. The van der Waals surface area contributed by atoms with Crippen LogP contribution in [0, 0.1) is 6.92 Å². The molecule has 20 heavy (non-hydrogen) atoms. The Balaban J connectivity index is 1.90. The molecule has 1 aromatic rings. The number of ether oxygens (including phenoxy) is 1. The van der Waals surface area contributed by atoms with Gasteiger partial charge in [-0.3, -0.25) is 14.7 Å². The van der Waals surface area contributed by atoms with E-state index < -0.39 is 0 Å². The predicted octanol–water partition coefficient (Wildman–Crippen LogP) is 1.29. The van der Waals surface area contributed by atoms with Crippen molar-refractivity contribution >= 4 is 5.91 Å². The van der Waals surface area contributed by atoms with Gasteiger partial charge in [0.05, 0.1) is 31.5 Å². The minimum Gasteiger partial charge on any atom is -0.379 e. The number of nitrogens with zero attached hydrogens (tertiary/aromatic N) is 2. The highest BCUT2D eigenvalue weighted by atomic mass is 16.5. The van der Waals surface area contributed by atoms with Gasteiger partial charge in [0.2, 0.25) is 5.91 Å². The van der Waals surface area contributed by atoms with Crippen LogP contribution in [0.5, 0.6) is 0 Å². The van der Waals surface area contributed by atoms with Gasteiger partial charge in [0, 0.05) is 19.3 Å². The molecule has 1 fully saturated rings. The molecule has 0 aliphatic carbocycles. The van der Waals surface area contributed by atoms with Crippen LogP contribution in [0.3, 0.4) is 0 Å². The number of rotatable bonds is 5. The van der Waals surface area contributed by atoms with Crippen LogP contribution >= 0.6 is 0 Å². The number of nitrogens with one attached hydrogen (secondary N) is 1. The molecule has 0 saturated carbocycles. The fraction of sp³-hybridized carbons (Fsp3) is 0.600. The molecule has 110 valence electrons. The maximum absolute atomic E-state index is 12.1. The second-order valence-corrected chi connectivity index (χ2v) is 5.17. The highest BCUT2D eigenvalue weighted by Gasteiger charge is 2.18. The van der Waals surface area contributed by atoms with Crippen LogP contribution in [0.2, 0.25) is 0 Å². The summed E-state index contributed by atoms with van der Waals surface area (Å²) < 4.78 is 5.28. The number of aromatic nitrogens is 1. The van der Waals surface area contributed by atoms with Gasteiger partial charge in [-0.25, -0.2) is 0 Å². The van der Waals surface area contributed by atoms with E-state index in [0.29, 0.717) is 19.8 Å². The van der Waals surface area contributed by atoms with Crippen molar-refractivity contribution in [3.63, 3.8) is 0 Å². The highest BCUT2D eigenvalue weighted by Crippen LogP contribution is 2.15. The van der Waals surface area contributed by atoms with Gasteiger partial charge in [-0.15, -0.1) is 0 Å². The van der Waals surface area contributed by atoms with Crippen molar-refractivity contribution in [2.75, 3.05) is 32.8 Å². The van der Waals surface area contributed by atoms with Crippen LogP contribution in [-0.2, 0) is 9.53 Å². The lowest BCUT2D eigenvalue weighted by molar-refractivity contribution is -0.124. The predicted molar refractivity (Wildman–Crippen MR) is 77.4 cm³/mol. The SMILES string of the molecule is CCC(NC(=O)CN1CCOCC1)c1cc(C)ccn1. The minimum atomic E-state index is -0.0107. The first-order chi connectivity index (χ1) is 9.69. The normalized spacial score (nSPS) is 17.7. The maximum Gasteiger partial charge on any atom is 0.234 e. The molecule has 1 atom stereocenters. The molecular formula is C15H23N3O2. The summed E-state index contributed by atoms with van der Waals surface area (Å²) in [5, 5.41) is 3.07. The topological polar surface area (TPSA) is 54.5 Å². The van der Waals surface area contributed by atoms with Crippen LogP contribution in [0.15, 0.2) is 18.3 Å². The maximum atomic E-state index is 12.1. The average Bonchev–Trinajstić information content (AvgIpc) is 2.46. The Kier molecular flexibility index (Phi) is 5.49. The third kappa shape index (κ3) is 4.28. The lowest BCUT2D eigenvalue weighted by atomic mass is 10.1. The first-order valence-corrected chi connectivity index (χ1v) is 7.21. The molecule has 5 nitrogen and oxygen atoms in total. The largest absolute Gasteiger partial charge is 0.379 e. The van der Waals surface area contributed by atoms with Crippen LogP contribution in [0.25, 0.3) is 0 Å². The zero-order valence-corrected chi connectivity index (χ0v) is 12.3. The van der Waals surface area contributed by atoms with E-state index in [2.05, 4.69) is 22.1 Å². The zero-order valence-electron chi connectivity index (χ0n) is 12.3. The second-order valence-electron chi connectivity index (χ2n) is 5.17. The van der Waals surface area contributed by atoms with E-state index in [1.807, 2.05) is 19.1 Å². The van der Waals surface area contributed by atoms with Crippen LogP contribution in [-0.4, -0.2) is 48.6 Å². The Morgan fingerprint density at radius 1 is 1.50 bits per heavy atom. The summed E-state index contributed by atoms with van der Waals surface area (Å²) in [6.07, 6.45) is 2.63. The molecule has 1 unspecified atom stereocenters. The average molecular weight is 277 g/mol. The van der Waals surface area contributed by atoms with E-state index in [4.69, 9.17) is 4.74 Å². The Morgan fingerprint density at radius 3 is 2.90 bits per heavy atom. The monoisotopic (exact) mass is 277 g/mol. The number of hydrogen-bond donors (Lipinski definition) is 1. The van der Waals surface area contributed by atoms with Crippen molar-refractivity contribution < 1.29 is 9.53 Å². The first-order valence-electron chi connectivity index (χ1n) is 7.21. The van der Waals surface area contributed by atoms with Crippen molar-refractivity contribution in [1.82, 2.24) is 15.2 Å². The molecule has 1 amide bonds. The number of aryl methyl sites for hydroxylation is 1. The molecule has 5 heteroatoms. The van der Waals surface area contributed by atoms with Gasteiger partial charge < -0.3 is 10.1 Å². The van der Waals surface area contributed by atoms with Gasteiger partial charge in [-0.2, -0.15) is 0 Å². The van der Waals surface area contributed by atoms with Gasteiger partial charge in [0.1, 0.15) is 0 Å².